The second-order valence-electron chi connectivity index (χ2n) is 5.52. The maximum atomic E-state index is 13.5. The maximum Gasteiger partial charge on any atom is 0.252 e. The van der Waals surface area contributed by atoms with Crippen LogP contribution in [0.5, 0.6) is 0 Å². The van der Waals surface area contributed by atoms with Crippen molar-refractivity contribution in [1.29, 1.82) is 0 Å². The van der Waals surface area contributed by atoms with Crippen LogP contribution in [0.2, 0.25) is 0 Å². The Bertz CT molecular complexity index is 941. The summed E-state index contributed by atoms with van der Waals surface area (Å²) < 4.78 is 13.5. The fourth-order valence-electron chi connectivity index (χ4n) is 2.50. The fourth-order valence-corrected chi connectivity index (χ4v) is 2.50. The van der Waals surface area contributed by atoms with Gasteiger partial charge in [0.25, 0.3) is 5.91 Å². The topological polar surface area (TPSA) is 86.9 Å². The minimum Gasteiger partial charge on any atom is -0.384 e. The smallest absolute Gasteiger partial charge is 0.252 e. The van der Waals surface area contributed by atoms with Gasteiger partial charge in [0.15, 0.2) is 0 Å². The minimum absolute atomic E-state index is 0.165. The highest BCUT2D eigenvalue weighted by molar-refractivity contribution is 6.05. The van der Waals surface area contributed by atoms with E-state index in [9.17, 15) is 14.0 Å². The van der Waals surface area contributed by atoms with Gasteiger partial charge in [-0.15, -0.1) is 0 Å². The van der Waals surface area contributed by atoms with Crippen molar-refractivity contribution in [3.63, 3.8) is 0 Å². The van der Waals surface area contributed by atoms with Crippen molar-refractivity contribution in [2.45, 2.75) is 6.42 Å². The molecule has 0 fully saturated rings. The molecule has 0 saturated heterocycles. The molecule has 0 bridgehead atoms. The summed E-state index contributed by atoms with van der Waals surface area (Å²) in [5.41, 5.74) is 1.10. The van der Waals surface area contributed by atoms with Gasteiger partial charge in [-0.1, -0.05) is 0 Å². The molecule has 1 amide bonds. The number of hydrogen-bond acceptors (Lipinski definition) is 4. The van der Waals surface area contributed by atoms with Crippen LogP contribution in [-0.2, 0) is 0 Å². The van der Waals surface area contributed by atoms with Crippen molar-refractivity contribution in [2.24, 2.45) is 0 Å². The number of nitrogens with one attached hydrogen (secondary N) is 3. The summed E-state index contributed by atoms with van der Waals surface area (Å²) in [5, 5.41) is 6.32. The highest BCUT2D eigenvalue weighted by atomic mass is 19.1. The molecule has 0 saturated carbocycles. The molecule has 7 heteroatoms. The summed E-state index contributed by atoms with van der Waals surface area (Å²) in [5.74, 6) is -0.864. The molecule has 2 aromatic heterocycles. The Kier molecular flexibility index (Phi) is 5.03. The van der Waals surface area contributed by atoms with Crippen LogP contribution in [0.4, 0.5) is 10.1 Å². The number of benzene rings is 1. The summed E-state index contributed by atoms with van der Waals surface area (Å²) >= 11 is 0. The average Bonchev–Trinajstić information content (AvgIpc) is 2.62. The zero-order chi connectivity index (χ0) is 17.6. The molecule has 3 aromatic rings. The Balaban J connectivity index is 1.61. The number of fused-ring (bicyclic) bond motifs is 1. The van der Waals surface area contributed by atoms with Crippen molar-refractivity contribution in [1.82, 2.24) is 15.3 Å². The van der Waals surface area contributed by atoms with Gasteiger partial charge in [0.1, 0.15) is 5.82 Å². The largest absolute Gasteiger partial charge is 0.384 e. The van der Waals surface area contributed by atoms with Gasteiger partial charge in [0, 0.05) is 42.5 Å². The van der Waals surface area contributed by atoms with Gasteiger partial charge in [-0.25, -0.2) is 4.39 Å². The summed E-state index contributed by atoms with van der Waals surface area (Å²) in [7, 11) is 0. The van der Waals surface area contributed by atoms with E-state index >= 15 is 0 Å². The van der Waals surface area contributed by atoms with Crippen LogP contribution in [0.25, 0.3) is 10.9 Å². The van der Waals surface area contributed by atoms with E-state index in [-0.39, 0.29) is 5.56 Å². The Morgan fingerprint density at radius 2 is 2.08 bits per heavy atom. The number of hydrogen-bond donors (Lipinski definition) is 3. The molecule has 2 heterocycles. The summed E-state index contributed by atoms with van der Waals surface area (Å²) in [6, 6.07) is 8.85. The third-order valence-corrected chi connectivity index (χ3v) is 3.68. The lowest BCUT2D eigenvalue weighted by Crippen LogP contribution is -2.27. The van der Waals surface area contributed by atoms with Gasteiger partial charge in [-0.2, -0.15) is 0 Å². The van der Waals surface area contributed by atoms with E-state index in [0.29, 0.717) is 30.4 Å². The van der Waals surface area contributed by atoms with Gasteiger partial charge in [0.05, 0.1) is 11.3 Å². The average molecular weight is 340 g/mol. The first-order valence-corrected chi connectivity index (χ1v) is 7.88. The lowest BCUT2D eigenvalue weighted by Gasteiger charge is -2.09. The number of amides is 1. The minimum atomic E-state index is -0.464. The zero-order valence-corrected chi connectivity index (χ0v) is 13.4. The number of carbonyl (C=O) groups is 1. The lowest BCUT2D eigenvalue weighted by atomic mass is 10.1. The predicted molar refractivity (Wildman–Crippen MR) is 94.2 cm³/mol. The Morgan fingerprint density at radius 3 is 2.88 bits per heavy atom. The highest BCUT2D eigenvalue weighted by Gasteiger charge is 2.12. The zero-order valence-electron chi connectivity index (χ0n) is 13.4. The quantitative estimate of drug-likeness (QED) is 0.601. The van der Waals surface area contributed by atoms with Gasteiger partial charge < -0.3 is 15.6 Å². The summed E-state index contributed by atoms with van der Waals surface area (Å²) in [6.07, 6.45) is 4.10. The fraction of sp³-hybridized carbons (Fsp3) is 0.167. The number of aromatic amines is 1. The number of anilines is 1. The van der Waals surface area contributed by atoms with E-state index < -0.39 is 17.3 Å². The first-order chi connectivity index (χ1) is 12.1. The van der Waals surface area contributed by atoms with Crippen molar-refractivity contribution in [2.75, 3.05) is 18.4 Å². The first kappa shape index (κ1) is 16.6. The highest BCUT2D eigenvalue weighted by Crippen LogP contribution is 2.16. The molecule has 0 radical (unpaired) electrons. The SMILES string of the molecule is O=C(NCCCNc1cccnc1)c1cc(=O)[nH]c2ccc(F)cc12. The molecule has 6 nitrogen and oxygen atoms in total. The van der Waals surface area contributed by atoms with Gasteiger partial charge in [-0.05, 0) is 36.8 Å². The number of nitrogens with zero attached hydrogens (tertiary/aromatic N) is 1. The monoisotopic (exact) mass is 340 g/mol. The van der Waals surface area contributed by atoms with Crippen LogP contribution >= 0.6 is 0 Å². The van der Waals surface area contributed by atoms with Gasteiger partial charge in [-0.3, -0.25) is 14.6 Å². The molecule has 0 aliphatic rings. The molecule has 25 heavy (non-hydrogen) atoms. The second kappa shape index (κ2) is 7.57. The van der Waals surface area contributed by atoms with Gasteiger partial charge >= 0.3 is 0 Å². The Hall–Kier alpha value is -3.22. The number of H-pyrrole nitrogens is 1. The summed E-state index contributed by atoms with van der Waals surface area (Å²) in [6.45, 7) is 1.09. The standard InChI is InChI=1S/C18H17FN4O2/c19-12-4-5-16-14(9-12)15(10-17(24)23-16)18(25)22-8-2-7-21-13-3-1-6-20-11-13/h1,3-6,9-11,21H,2,7-8H2,(H,22,25)(H,23,24). The van der Waals surface area contributed by atoms with Crippen molar-refractivity contribution >= 4 is 22.5 Å². The number of pyridine rings is 2. The van der Waals surface area contributed by atoms with E-state index in [1.54, 1.807) is 12.4 Å². The van der Waals surface area contributed by atoms with Crippen LogP contribution in [0.1, 0.15) is 16.8 Å². The molecule has 0 atom stereocenters. The van der Waals surface area contributed by atoms with E-state index in [0.717, 1.165) is 5.69 Å². The van der Waals surface area contributed by atoms with Crippen LogP contribution < -0.4 is 16.2 Å². The third kappa shape index (κ3) is 4.20. The molecular weight excluding hydrogens is 323 g/mol. The van der Waals surface area contributed by atoms with Crippen LogP contribution in [-0.4, -0.2) is 29.0 Å². The molecule has 0 aliphatic carbocycles. The number of carbonyl (C=O) groups excluding carboxylic acids is 1. The molecule has 3 rings (SSSR count). The molecule has 0 spiro atoms. The van der Waals surface area contributed by atoms with Crippen molar-refractivity contribution < 1.29 is 9.18 Å². The van der Waals surface area contributed by atoms with Crippen LogP contribution in [0.15, 0.2) is 53.6 Å². The molecule has 0 unspecified atom stereocenters. The molecule has 1 aromatic carbocycles. The van der Waals surface area contributed by atoms with E-state index in [4.69, 9.17) is 0 Å². The number of halogens is 1. The molecule has 128 valence electrons. The van der Waals surface area contributed by atoms with Gasteiger partial charge in [0.2, 0.25) is 5.56 Å². The Morgan fingerprint density at radius 1 is 1.20 bits per heavy atom. The lowest BCUT2D eigenvalue weighted by molar-refractivity contribution is 0.0955. The molecular formula is C18H17FN4O2. The second-order valence-corrected chi connectivity index (χ2v) is 5.52. The van der Waals surface area contributed by atoms with Crippen molar-refractivity contribution in [3.05, 3.63) is 70.5 Å². The first-order valence-electron chi connectivity index (χ1n) is 7.88. The maximum absolute atomic E-state index is 13.5. The summed E-state index contributed by atoms with van der Waals surface area (Å²) in [4.78, 5) is 30.6. The molecule has 0 aliphatic heterocycles. The van der Waals surface area contributed by atoms with E-state index in [2.05, 4.69) is 20.6 Å². The number of rotatable bonds is 6. The normalized spacial score (nSPS) is 10.6. The van der Waals surface area contributed by atoms with Crippen LogP contribution in [0, 0.1) is 5.82 Å². The Labute approximate surface area is 143 Å². The number of aromatic nitrogens is 2. The van der Waals surface area contributed by atoms with E-state index in [1.165, 1.54) is 24.3 Å². The van der Waals surface area contributed by atoms with Crippen LogP contribution in [0.3, 0.4) is 0 Å². The van der Waals surface area contributed by atoms with Crippen molar-refractivity contribution in [3.8, 4) is 0 Å². The third-order valence-electron chi connectivity index (χ3n) is 3.68. The predicted octanol–water partition coefficient (Wildman–Crippen LogP) is 2.29. The molecule has 3 N–H and O–H groups in total. The van der Waals surface area contributed by atoms with E-state index in [1.807, 2.05) is 12.1 Å².